The Labute approximate surface area is 121 Å². The quantitative estimate of drug-likeness (QED) is 0.691. The van der Waals surface area contributed by atoms with Crippen molar-refractivity contribution in [1.82, 2.24) is 20.2 Å². The minimum atomic E-state index is -0.152. The normalized spacial score (nSPS) is 12.5. The van der Waals surface area contributed by atoms with Crippen molar-refractivity contribution in [3.05, 3.63) is 54.0 Å². The molecule has 0 fully saturated rings. The van der Waals surface area contributed by atoms with Gasteiger partial charge in [-0.25, -0.2) is 4.68 Å². The van der Waals surface area contributed by atoms with Crippen molar-refractivity contribution >= 4 is 11.6 Å². The van der Waals surface area contributed by atoms with Gasteiger partial charge in [0, 0.05) is 11.6 Å². The van der Waals surface area contributed by atoms with Crippen molar-refractivity contribution in [2.75, 3.05) is 0 Å². The fourth-order valence-corrected chi connectivity index (χ4v) is 1.96. The number of hydrogen-bond acceptors (Lipinski definition) is 4. The average Bonchev–Trinajstić information content (AvgIpc) is 3.10. The zero-order valence-electron chi connectivity index (χ0n) is 10.9. The van der Waals surface area contributed by atoms with E-state index in [4.69, 9.17) is 16.1 Å². The van der Waals surface area contributed by atoms with E-state index in [1.165, 1.54) is 0 Å². The SMILES string of the molecule is CC(Cl)c1cn(Cc2cc(-c3ccccc3)on2)nn1. The Hall–Kier alpha value is -2.14. The average molecular weight is 289 g/mol. The van der Waals surface area contributed by atoms with Crippen LogP contribution in [0.2, 0.25) is 0 Å². The molecule has 0 spiro atoms. The first-order chi connectivity index (χ1) is 9.72. The van der Waals surface area contributed by atoms with Crippen LogP contribution in [0.5, 0.6) is 0 Å². The molecule has 0 saturated heterocycles. The Balaban J connectivity index is 1.77. The molecule has 3 aromatic rings. The number of benzene rings is 1. The highest BCUT2D eigenvalue weighted by molar-refractivity contribution is 6.20. The van der Waals surface area contributed by atoms with Gasteiger partial charge in [-0.2, -0.15) is 0 Å². The lowest BCUT2D eigenvalue weighted by Crippen LogP contribution is -2.00. The lowest BCUT2D eigenvalue weighted by Gasteiger charge is -1.95. The Kier molecular flexibility index (Phi) is 3.52. The van der Waals surface area contributed by atoms with Gasteiger partial charge in [-0.15, -0.1) is 16.7 Å². The maximum absolute atomic E-state index is 5.95. The van der Waals surface area contributed by atoms with Crippen molar-refractivity contribution in [3.63, 3.8) is 0 Å². The summed E-state index contributed by atoms with van der Waals surface area (Å²) in [6, 6.07) is 11.7. The van der Waals surface area contributed by atoms with Crippen LogP contribution in [0.25, 0.3) is 11.3 Å². The van der Waals surface area contributed by atoms with Crippen LogP contribution in [0.15, 0.2) is 47.1 Å². The molecular formula is C14H13ClN4O. The Bertz CT molecular complexity index is 690. The highest BCUT2D eigenvalue weighted by Gasteiger charge is 2.10. The summed E-state index contributed by atoms with van der Waals surface area (Å²) in [5.74, 6) is 0.742. The van der Waals surface area contributed by atoms with Crippen molar-refractivity contribution < 1.29 is 4.52 Å². The van der Waals surface area contributed by atoms with Gasteiger partial charge in [0.05, 0.1) is 18.1 Å². The van der Waals surface area contributed by atoms with Crippen molar-refractivity contribution in [2.24, 2.45) is 0 Å². The molecule has 3 rings (SSSR count). The maximum Gasteiger partial charge on any atom is 0.167 e. The predicted molar refractivity (Wildman–Crippen MR) is 75.3 cm³/mol. The summed E-state index contributed by atoms with van der Waals surface area (Å²) in [6.45, 7) is 2.37. The van der Waals surface area contributed by atoms with E-state index >= 15 is 0 Å². The van der Waals surface area contributed by atoms with Gasteiger partial charge in [-0.05, 0) is 6.92 Å². The molecule has 0 radical (unpaired) electrons. The van der Waals surface area contributed by atoms with Gasteiger partial charge in [0.25, 0.3) is 0 Å². The number of hydrogen-bond donors (Lipinski definition) is 0. The molecule has 102 valence electrons. The van der Waals surface area contributed by atoms with Gasteiger partial charge in [0.1, 0.15) is 11.4 Å². The second-order valence-corrected chi connectivity index (χ2v) is 5.16. The molecule has 0 aliphatic carbocycles. The third-order valence-corrected chi connectivity index (χ3v) is 3.13. The third kappa shape index (κ3) is 2.72. The van der Waals surface area contributed by atoms with Gasteiger partial charge in [0.2, 0.25) is 0 Å². The first kappa shape index (κ1) is 12.9. The topological polar surface area (TPSA) is 56.7 Å². The highest BCUT2D eigenvalue weighted by atomic mass is 35.5. The molecular weight excluding hydrogens is 276 g/mol. The molecule has 0 aliphatic rings. The lowest BCUT2D eigenvalue weighted by molar-refractivity contribution is 0.419. The molecule has 1 aromatic carbocycles. The van der Waals surface area contributed by atoms with E-state index in [2.05, 4.69) is 15.5 Å². The summed E-state index contributed by atoms with van der Waals surface area (Å²) < 4.78 is 7.03. The largest absolute Gasteiger partial charge is 0.356 e. The van der Waals surface area contributed by atoms with E-state index in [9.17, 15) is 0 Å². The predicted octanol–water partition coefficient (Wildman–Crippen LogP) is 3.28. The van der Waals surface area contributed by atoms with Crippen LogP contribution >= 0.6 is 11.6 Å². The summed E-state index contributed by atoms with van der Waals surface area (Å²) in [5, 5.41) is 11.9. The molecule has 0 aliphatic heterocycles. The number of halogens is 1. The fourth-order valence-electron chi connectivity index (χ4n) is 1.86. The van der Waals surface area contributed by atoms with Gasteiger partial charge in [-0.3, -0.25) is 0 Å². The Morgan fingerprint density at radius 2 is 2.10 bits per heavy atom. The van der Waals surface area contributed by atoms with Gasteiger partial charge < -0.3 is 4.52 Å². The van der Waals surface area contributed by atoms with Crippen LogP contribution < -0.4 is 0 Å². The lowest BCUT2D eigenvalue weighted by atomic mass is 10.2. The van der Waals surface area contributed by atoms with Crippen LogP contribution in [-0.4, -0.2) is 20.2 Å². The number of nitrogens with zero attached hydrogens (tertiary/aromatic N) is 4. The monoisotopic (exact) mass is 288 g/mol. The van der Waals surface area contributed by atoms with Gasteiger partial charge >= 0.3 is 0 Å². The van der Waals surface area contributed by atoms with E-state index in [-0.39, 0.29) is 5.38 Å². The van der Waals surface area contributed by atoms with Crippen LogP contribution in [-0.2, 0) is 6.54 Å². The van der Waals surface area contributed by atoms with Gasteiger partial charge in [-0.1, -0.05) is 40.7 Å². The molecule has 1 atom stereocenters. The molecule has 2 heterocycles. The second-order valence-electron chi connectivity index (χ2n) is 4.51. The molecule has 1 unspecified atom stereocenters. The standard InChI is InChI=1S/C14H13ClN4O/c1-10(15)13-9-19(18-16-13)8-12-7-14(20-17-12)11-5-3-2-4-6-11/h2-7,9-10H,8H2,1H3. The second kappa shape index (κ2) is 5.46. The first-order valence-corrected chi connectivity index (χ1v) is 6.71. The van der Waals surface area contributed by atoms with E-state index in [0.29, 0.717) is 6.54 Å². The summed E-state index contributed by atoms with van der Waals surface area (Å²) in [5.41, 5.74) is 2.54. The van der Waals surface area contributed by atoms with Crippen molar-refractivity contribution in [1.29, 1.82) is 0 Å². The fraction of sp³-hybridized carbons (Fsp3) is 0.214. The Morgan fingerprint density at radius 1 is 1.30 bits per heavy atom. The minimum absolute atomic E-state index is 0.152. The summed E-state index contributed by atoms with van der Waals surface area (Å²) in [7, 11) is 0. The van der Waals surface area contributed by atoms with Gasteiger partial charge in [0.15, 0.2) is 5.76 Å². The van der Waals surface area contributed by atoms with Crippen LogP contribution in [0.1, 0.15) is 23.7 Å². The van der Waals surface area contributed by atoms with E-state index in [0.717, 1.165) is 22.7 Å². The Morgan fingerprint density at radius 3 is 2.80 bits per heavy atom. The number of aromatic nitrogens is 4. The van der Waals surface area contributed by atoms with Crippen LogP contribution in [0.4, 0.5) is 0 Å². The molecule has 0 amide bonds. The van der Waals surface area contributed by atoms with Crippen LogP contribution in [0.3, 0.4) is 0 Å². The zero-order valence-corrected chi connectivity index (χ0v) is 11.7. The van der Waals surface area contributed by atoms with Crippen molar-refractivity contribution in [3.8, 4) is 11.3 Å². The molecule has 2 aromatic heterocycles. The summed E-state index contributed by atoms with van der Waals surface area (Å²) in [6.07, 6.45) is 1.81. The van der Waals surface area contributed by atoms with Crippen LogP contribution in [0, 0.1) is 0 Å². The maximum atomic E-state index is 5.95. The molecule has 5 nitrogen and oxygen atoms in total. The summed E-state index contributed by atoms with van der Waals surface area (Å²) in [4.78, 5) is 0. The van der Waals surface area contributed by atoms with E-state index in [1.54, 1.807) is 4.68 Å². The zero-order chi connectivity index (χ0) is 13.9. The molecule has 20 heavy (non-hydrogen) atoms. The molecule has 0 bridgehead atoms. The smallest absolute Gasteiger partial charge is 0.167 e. The first-order valence-electron chi connectivity index (χ1n) is 6.27. The number of alkyl halides is 1. The summed E-state index contributed by atoms with van der Waals surface area (Å²) >= 11 is 5.95. The van der Waals surface area contributed by atoms with Crippen molar-refractivity contribution in [2.45, 2.75) is 18.8 Å². The number of rotatable bonds is 4. The highest BCUT2D eigenvalue weighted by Crippen LogP contribution is 2.20. The van der Waals surface area contributed by atoms with E-state index in [1.807, 2.05) is 49.5 Å². The molecule has 0 N–H and O–H groups in total. The minimum Gasteiger partial charge on any atom is -0.356 e. The van der Waals surface area contributed by atoms with E-state index < -0.39 is 0 Å². The molecule has 6 heteroatoms. The third-order valence-electron chi connectivity index (χ3n) is 2.91. The molecule has 0 saturated carbocycles.